The topological polar surface area (TPSA) is 86.2 Å². The fourth-order valence-electron chi connectivity index (χ4n) is 4.47. The minimum atomic E-state index is -0.410. The summed E-state index contributed by atoms with van der Waals surface area (Å²) < 4.78 is 11.0. The molecule has 0 aliphatic rings. The Kier molecular flexibility index (Phi) is 5.91. The molecule has 0 fully saturated rings. The third kappa shape index (κ3) is 4.95. The summed E-state index contributed by atoms with van der Waals surface area (Å²) in [5.41, 5.74) is 4.25. The van der Waals surface area contributed by atoms with Gasteiger partial charge in [0.05, 0.1) is 21.8 Å². The molecule has 6 aromatic rings. The van der Waals surface area contributed by atoms with E-state index in [0.29, 0.717) is 52.8 Å². The van der Waals surface area contributed by atoms with Crippen molar-refractivity contribution in [2.45, 2.75) is 19.3 Å². The maximum absolute atomic E-state index is 12.7. The molecule has 0 amide bonds. The van der Waals surface area contributed by atoms with Gasteiger partial charge in [-0.15, -0.1) is 0 Å². The van der Waals surface area contributed by atoms with Crippen molar-refractivity contribution < 1.29 is 8.83 Å². The quantitative estimate of drug-likeness (QED) is 0.311. The average Bonchev–Trinajstić information content (AvgIpc) is 2.91. The average molecular weight is 487 g/mol. The lowest BCUT2D eigenvalue weighted by Crippen LogP contribution is -2.07. The normalized spacial score (nSPS) is 11.2. The van der Waals surface area contributed by atoms with Crippen LogP contribution in [0, 0.1) is 0 Å². The molecule has 6 heteroatoms. The summed E-state index contributed by atoms with van der Waals surface area (Å²) in [6.45, 7) is 0. The van der Waals surface area contributed by atoms with E-state index in [4.69, 9.17) is 8.83 Å². The molecule has 0 N–H and O–H groups in total. The molecule has 0 atom stereocenters. The molecular weight excluding hydrogens is 464 g/mol. The third-order valence-electron chi connectivity index (χ3n) is 6.28. The molecule has 2 heterocycles. The van der Waals surface area contributed by atoms with Crippen LogP contribution in [-0.4, -0.2) is 9.97 Å². The van der Waals surface area contributed by atoms with Crippen LogP contribution in [0.1, 0.15) is 34.0 Å². The van der Waals surface area contributed by atoms with Crippen molar-refractivity contribution in [2.75, 3.05) is 0 Å². The van der Waals surface area contributed by atoms with Crippen LogP contribution in [0.25, 0.3) is 21.8 Å². The van der Waals surface area contributed by atoms with Crippen LogP contribution in [0.2, 0.25) is 0 Å². The number of aromatic nitrogens is 2. The molecule has 0 radical (unpaired) electrons. The second-order valence-electron chi connectivity index (χ2n) is 8.99. The predicted octanol–water partition coefficient (Wildman–Crippen LogP) is 5.46. The molecule has 0 unspecified atom stereocenters. The molecule has 2 aromatic heterocycles. The lowest BCUT2D eigenvalue weighted by molar-refractivity contribution is 0.454. The van der Waals surface area contributed by atoms with Crippen molar-refractivity contribution in [3.8, 4) is 0 Å². The summed E-state index contributed by atoms with van der Waals surface area (Å²) in [6, 6.07) is 30.7. The Morgan fingerprint density at radius 1 is 0.486 bits per heavy atom. The zero-order valence-electron chi connectivity index (χ0n) is 19.9. The summed E-state index contributed by atoms with van der Waals surface area (Å²) in [4.78, 5) is 34.5. The van der Waals surface area contributed by atoms with Gasteiger partial charge in [-0.3, -0.25) is 0 Å². The van der Waals surface area contributed by atoms with Gasteiger partial charge in [-0.05, 0) is 52.9 Å². The highest BCUT2D eigenvalue weighted by atomic mass is 16.4. The van der Waals surface area contributed by atoms with E-state index in [0.717, 1.165) is 22.3 Å². The predicted molar refractivity (Wildman–Crippen MR) is 142 cm³/mol. The summed E-state index contributed by atoms with van der Waals surface area (Å²) >= 11 is 0. The fraction of sp³-hybridized carbons (Fsp3) is 0.0968. The lowest BCUT2D eigenvalue weighted by atomic mass is 10.0. The van der Waals surface area contributed by atoms with Crippen LogP contribution in [0.4, 0.5) is 0 Å². The van der Waals surface area contributed by atoms with Crippen molar-refractivity contribution in [3.63, 3.8) is 0 Å². The number of benzene rings is 4. The Morgan fingerprint density at radius 2 is 0.919 bits per heavy atom. The first-order chi connectivity index (χ1) is 18.1. The molecule has 37 heavy (non-hydrogen) atoms. The van der Waals surface area contributed by atoms with Crippen LogP contribution in [-0.2, 0) is 19.3 Å². The molecule has 0 bridgehead atoms. The molecule has 6 nitrogen and oxygen atoms in total. The van der Waals surface area contributed by atoms with E-state index >= 15 is 0 Å². The Bertz CT molecular complexity index is 1700. The molecule has 0 spiro atoms. The van der Waals surface area contributed by atoms with E-state index in [1.165, 1.54) is 0 Å². The van der Waals surface area contributed by atoms with Crippen molar-refractivity contribution >= 4 is 21.8 Å². The Labute approximate surface area is 211 Å². The van der Waals surface area contributed by atoms with Gasteiger partial charge in [-0.2, -0.15) is 0 Å². The minimum absolute atomic E-state index is 0.386. The first-order valence-corrected chi connectivity index (χ1v) is 12.0. The highest BCUT2D eigenvalue weighted by molar-refractivity contribution is 5.79. The smallest absolute Gasteiger partial charge is 0.346 e. The van der Waals surface area contributed by atoms with E-state index < -0.39 is 11.3 Å². The standard InChI is InChI=1S/C31H22N2O4/c34-30-24-16-22(11-13-26(24)32-28(36-30)18-20-7-3-1-4-8-20)15-23-12-14-27-25(17-23)31(35)37-29(33-27)19-21-9-5-2-6-10-21/h1-14,16-17H,15,18-19H2. The second-order valence-corrected chi connectivity index (χ2v) is 8.99. The SMILES string of the molecule is O=c1oc(Cc2ccccc2)nc2ccc(Cc3ccc4nc(Cc5ccccc5)oc(=O)c4c3)cc12. The summed E-state index contributed by atoms with van der Waals surface area (Å²) in [5.74, 6) is 0.772. The number of nitrogens with zero attached hydrogens (tertiary/aromatic N) is 2. The Balaban J connectivity index is 1.26. The summed E-state index contributed by atoms with van der Waals surface area (Å²) in [7, 11) is 0. The van der Waals surface area contributed by atoms with Gasteiger partial charge in [0.25, 0.3) is 0 Å². The monoisotopic (exact) mass is 486 g/mol. The van der Waals surface area contributed by atoms with E-state index in [1.54, 1.807) is 12.1 Å². The highest BCUT2D eigenvalue weighted by Crippen LogP contribution is 2.19. The van der Waals surface area contributed by atoms with E-state index in [2.05, 4.69) is 9.97 Å². The fourth-order valence-corrected chi connectivity index (χ4v) is 4.47. The Morgan fingerprint density at radius 3 is 1.35 bits per heavy atom. The van der Waals surface area contributed by atoms with E-state index in [1.807, 2.05) is 84.9 Å². The van der Waals surface area contributed by atoms with E-state index in [9.17, 15) is 9.59 Å². The van der Waals surface area contributed by atoms with Gasteiger partial charge >= 0.3 is 11.3 Å². The molecule has 0 saturated heterocycles. The largest absolute Gasteiger partial charge is 0.408 e. The van der Waals surface area contributed by atoms with Crippen molar-refractivity contribution in [2.24, 2.45) is 0 Å². The van der Waals surface area contributed by atoms with Gasteiger partial charge in [-0.25, -0.2) is 19.6 Å². The first kappa shape index (κ1) is 22.6. The minimum Gasteiger partial charge on any atom is -0.408 e. The number of hydrogen-bond donors (Lipinski definition) is 0. The van der Waals surface area contributed by atoms with Crippen LogP contribution in [0.3, 0.4) is 0 Å². The van der Waals surface area contributed by atoms with Crippen molar-refractivity contribution in [3.05, 3.63) is 152 Å². The van der Waals surface area contributed by atoms with Gasteiger partial charge in [0.2, 0.25) is 11.8 Å². The van der Waals surface area contributed by atoms with Crippen molar-refractivity contribution in [1.29, 1.82) is 0 Å². The maximum atomic E-state index is 12.7. The third-order valence-corrected chi connectivity index (χ3v) is 6.28. The molecule has 0 aliphatic heterocycles. The van der Waals surface area contributed by atoms with Gasteiger partial charge in [0, 0.05) is 12.8 Å². The van der Waals surface area contributed by atoms with Gasteiger partial charge in [0.15, 0.2) is 0 Å². The zero-order valence-corrected chi connectivity index (χ0v) is 19.9. The number of fused-ring (bicyclic) bond motifs is 2. The van der Waals surface area contributed by atoms with E-state index in [-0.39, 0.29) is 0 Å². The zero-order chi connectivity index (χ0) is 25.2. The first-order valence-electron chi connectivity index (χ1n) is 12.0. The molecular formula is C31H22N2O4. The molecule has 0 aliphatic carbocycles. The van der Waals surface area contributed by atoms with Crippen LogP contribution in [0.15, 0.2) is 115 Å². The summed E-state index contributed by atoms with van der Waals surface area (Å²) in [5, 5.41) is 0.865. The van der Waals surface area contributed by atoms with Gasteiger partial charge < -0.3 is 8.83 Å². The van der Waals surface area contributed by atoms with Gasteiger partial charge in [-0.1, -0.05) is 72.8 Å². The Hall–Kier alpha value is -4.84. The summed E-state index contributed by atoms with van der Waals surface area (Å²) in [6.07, 6.45) is 1.44. The number of hydrogen-bond acceptors (Lipinski definition) is 6. The number of rotatable bonds is 6. The maximum Gasteiger partial charge on any atom is 0.346 e. The molecule has 0 saturated carbocycles. The van der Waals surface area contributed by atoms with Crippen LogP contribution in [0.5, 0.6) is 0 Å². The highest BCUT2D eigenvalue weighted by Gasteiger charge is 2.11. The molecule has 4 aromatic carbocycles. The van der Waals surface area contributed by atoms with Crippen molar-refractivity contribution in [1.82, 2.24) is 9.97 Å². The second kappa shape index (κ2) is 9.66. The molecule has 180 valence electrons. The van der Waals surface area contributed by atoms with Crippen LogP contribution >= 0.6 is 0 Å². The lowest BCUT2D eigenvalue weighted by Gasteiger charge is -2.07. The van der Waals surface area contributed by atoms with Crippen LogP contribution < -0.4 is 11.3 Å². The van der Waals surface area contributed by atoms with Gasteiger partial charge in [0.1, 0.15) is 0 Å². The molecule has 6 rings (SSSR count).